The van der Waals surface area contributed by atoms with Gasteiger partial charge < -0.3 is 20.1 Å². The minimum Gasteiger partial charge on any atom is -0.468 e. The topological polar surface area (TPSA) is 81.9 Å². The number of benzene rings is 2. The van der Waals surface area contributed by atoms with Gasteiger partial charge in [-0.3, -0.25) is 4.79 Å². The minimum atomic E-state index is -1.01. The van der Waals surface area contributed by atoms with E-state index in [0.717, 1.165) is 12.8 Å². The second kappa shape index (κ2) is 7.13. The van der Waals surface area contributed by atoms with Crippen molar-refractivity contribution in [2.75, 3.05) is 13.7 Å². The van der Waals surface area contributed by atoms with Crippen molar-refractivity contribution in [3.8, 4) is 11.1 Å². The fourth-order valence-corrected chi connectivity index (χ4v) is 5.62. The molecule has 2 unspecified atom stereocenters. The number of amides is 1. The van der Waals surface area contributed by atoms with Crippen LogP contribution in [-0.2, 0) is 14.3 Å². The van der Waals surface area contributed by atoms with Gasteiger partial charge in [-0.2, -0.15) is 0 Å². The maximum Gasteiger partial charge on any atom is 0.410 e. The molecule has 2 bridgehead atoms. The Labute approximate surface area is 176 Å². The first-order valence-electron chi connectivity index (χ1n) is 10.5. The average molecular weight is 406 g/mol. The lowest BCUT2D eigenvalue weighted by Gasteiger charge is -2.42. The molecule has 2 aromatic rings. The molecule has 2 saturated heterocycles. The second-order valence-electron chi connectivity index (χ2n) is 8.65. The molecule has 2 aromatic carbocycles. The van der Waals surface area contributed by atoms with E-state index in [1.165, 1.54) is 29.4 Å². The van der Waals surface area contributed by atoms with E-state index in [2.05, 4.69) is 24.3 Å². The lowest BCUT2D eigenvalue weighted by molar-refractivity contribution is -0.150. The van der Waals surface area contributed by atoms with Crippen LogP contribution in [0.4, 0.5) is 4.79 Å². The van der Waals surface area contributed by atoms with Gasteiger partial charge in [0.15, 0.2) is 0 Å². The van der Waals surface area contributed by atoms with Crippen LogP contribution >= 0.6 is 0 Å². The van der Waals surface area contributed by atoms with Gasteiger partial charge in [-0.05, 0) is 47.9 Å². The fraction of sp³-hybridized carbons (Fsp3) is 0.417. The Morgan fingerprint density at radius 3 is 2.07 bits per heavy atom. The number of nitrogens with two attached hydrogens (primary N) is 1. The first-order chi connectivity index (χ1) is 14.5. The van der Waals surface area contributed by atoms with Gasteiger partial charge in [0.25, 0.3) is 0 Å². The zero-order valence-electron chi connectivity index (χ0n) is 17.0. The molecule has 0 aromatic heterocycles. The molecule has 3 aliphatic rings. The van der Waals surface area contributed by atoms with Crippen molar-refractivity contribution in [2.45, 2.75) is 49.2 Å². The Hall–Kier alpha value is -2.86. The molecule has 2 fully saturated rings. The molecule has 0 saturated carbocycles. The molecule has 1 aliphatic carbocycles. The highest BCUT2D eigenvalue weighted by Gasteiger charge is 2.53. The summed E-state index contributed by atoms with van der Waals surface area (Å²) in [5.74, 6) is -0.362. The summed E-state index contributed by atoms with van der Waals surface area (Å²) in [4.78, 5) is 27.0. The largest absolute Gasteiger partial charge is 0.468 e. The van der Waals surface area contributed by atoms with Crippen LogP contribution in [0.15, 0.2) is 48.5 Å². The van der Waals surface area contributed by atoms with Crippen LogP contribution in [0.2, 0.25) is 0 Å². The normalized spacial score (nSPS) is 26.8. The molecule has 2 aliphatic heterocycles. The highest BCUT2D eigenvalue weighted by atomic mass is 16.6. The third-order valence-electron chi connectivity index (χ3n) is 6.96. The molecule has 2 heterocycles. The van der Waals surface area contributed by atoms with Gasteiger partial charge in [-0.15, -0.1) is 0 Å². The van der Waals surface area contributed by atoms with Gasteiger partial charge >= 0.3 is 12.1 Å². The maximum atomic E-state index is 13.0. The molecular formula is C24H26N2O4. The van der Waals surface area contributed by atoms with Gasteiger partial charge in [0.2, 0.25) is 0 Å². The quantitative estimate of drug-likeness (QED) is 0.790. The highest BCUT2D eigenvalue weighted by Crippen LogP contribution is 2.45. The lowest BCUT2D eigenvalue weighted by Crippen LogP contribution is -2.61. The molecule has 30 heavy (non-hydrogen) atoms. The third-order valence-corrected chi connectivity index (χ3v) is 6.96. The predicted octanol–water partition coefficient (Wildman–Crippen LogP) is 3.43. The SMILES string of the molecule is COC(=O)C1(N)CC2CCC(C1)N2C(=O)OCC1c2ccccc2-c2ccccc21. The first-order valence-corrected chi connectivity index (χ1v) is 10.5. The standard InChI is InChI=1S/C24H26N2O4/c1-29-22(27)24(25)12-15-10-11-16(13-24)26(15)23(28)30-14-21-19-8-4-2-6-17(19)18-7-3-5-9-20(18)21/h2-9,15-16,21H,10-14,25H2,1H3. The molecule has 2 N–H and O–H groups in total. The Balaban J connectivity index is 1.32. The summed E-state index contributed by atoms with van der Waals surface area (Å²) in [6.45, 7) is 0.299. The number of ether oxygens (including phenoxy) is 2. The third kappa shape index (κ3) is 2.89. The first kappa shape index (κ1) is 19.1. The van der Waals surface area contributed by atoms with E-state index < -0.39 is 11.5 Å². The summed E-state index contributed by atoms with van der Waals surface area (Å²) in [6.07, 6.45) is 2.20. The molecule has 1 amide bonds. The summed E-state index contributed by atoms with van der Waals surface area (Å²) in [7, 11) is 1.36. The van der Waals surface area contributed by atoms with Crippen molar-refractivity contribution in [3.63, 3.8) is 0 Å². The van der Waals surface area contributed by atoms with E-state index in [1.807, 2.05) is 24.3 Å². The summed E-state index contributed by atoms with van der Waals surface area (Å²) in [5.41, 5.74) is 10.1. The van der Waals surface area contributed by atoms with E-state index in [-0.39, 0.29) is 24.1 Å². The van der Waals surface area contributed by atoms with Crippen LogP contribution in [0.5, 0.6) is 0 Å². The summed E-state index contributed by atoms with van der Waals surface area (Å²) in [6, 6.07) is 16.4. The van der Waals surface area contributed by atoms with Crippen LogP contribution in [0.25, 0.3) is 11.1 Å². The fourth-order valence-electron chi connectivity index (χ4n) is 5.62. The second-order valence-corrected chi connectivity index (χ2v) is 8.65. The van der Waals surface area contributed by atoms with Crippen molar-refractivity contribution in [3.05, 3.63) is 59.7 Å². The Morgan fingerprint density at radius 2 is 1.53 bits per heavy atom. The molecular weight excluding hydrogens is 380 g/mol. The van der Waals surface area contributed by atoms with Crippen LogP contribution in [0, 0.1) is 0 Å². The lowest BCUT2D eigenvalue weighted by atomic mass is 9.84. The maximum absolute atomic E-state index is 13.0. The Kier molecular flexibility index (Phi) is 4.54. The minimum absolute atomic E-state index is 0.0347. The van der Waals surface area contributed by atoms with Gasteiger partial charge in [0.05, 0.1) is 7.11 Å². The van der Waals surface area contributed by atoms with Gasteiger partial charge in [0, 0.05) is 18.0 Å². The van der Waals surface area contributed by atoms with Crippen LogP contribution in [0.3, 0.4) is 0 Å². The molecule has 6 nitrogen and oxygen atoms in total. The Bertz CT molecular complexity index is 945. The number of carbonyl (C=O) groups is 2. The smallest absolute Gasteiger partial charge is 0.410 e. The monoisotopic (exact) mass is 406 g/mol. The van der Waals surface area contributed by atoms with E-state index in [4.69, 9.17) is 15.2 Å². The van der Waals surface area contributed by atoms with Gasteiger partial charge in [-0.1, -0.05) is 48.5 Å². The summed E-state index contributed by atoms with van der Waals surface area (Å²) in [5, 5.41) is 0. The van der Waals surface area contributed by atoms with E-state index in [9.17, 15) is 9.59 Å². The number of piperidine rings is 1. The highest BCUT2D eigenvalue weighted by molar-refractivity contribution is 5.82. The van der Waals surface area contributed by atoms with Gasteiger partial charge in [0.1, 0.15) is 12.1 Å². The summed E-state index contributed by atoms with van der Waals surface area (Å²) >= 11 is 0. The van der Waals surface area contributed by atoms with Crippen molar-refractivity contribution >= 4 is 12.1 Å². The van der Waals surface area contributed by atoms with E-state index in [1.54, 1.807) is 4.90 Å². The van der Waals surface area contributed by atoms with Crippen molar-refractivity contribution in [2.24, 2.45) is 5.73 Å². The molecule has 0 radical (unpaired) electrons. The number of esters is 1. The number of hydrogen-bond donors (Lipinski definition) is 1. The molecule has 2 atom stereocenters. The van der Waals surface area contributed by atoms with Gasteiger partial charge in [-0.25, -0.2) is 4.79 Å². The number of fused-ring (bicyclic) bond motifs is 5. The number of rotatable bonds is 3. The zero-order valence-corrected chi connectivity index (χ0v) is 17.0. The molecule has 6 heteroatoms. The number of hydrogen-bond acceptors (Lipinski definition) is 5. The summed E-state index contributed by atoms with van der Waals surface area (Å²) < 4.78 is 10.7. The number of carbonyl (C=O) groups excluding carboxylic acids is 2. The van der Waals surface area contributed by atoms with Crippen LogP contribution in [0.1, 0.15) is 42.7 Å². The van der Waals surface area contributed by atoms with E-state index >= 15 is 0 Å². The van der Waals surface area contributed by atoms with Crippen LogP contribution in [-0.4, -0.2) is 48.3 Å². The predicted molar refractivity (Wildman–Crippen MR) is 112 cm³/mol. The number of methoxy groups -OCH3 is 1. The molecule has 0 spiro atoms. The van der Waals surface area contributed by atoms with Crippen molar-refractivity contribution in [1.29, 1.82) is 0 Å². The zero-order chi connectivity index (χ0) is 20.9. The van der Waals surface area contributed by atoms with Crippen LogP contribution < -0.4 is 5.73 Å². The average Bonchev–Trinajstić information content (AvgIpc) is 3.24. The van der Waals surface area contributed by atoms with Crippen molar-refractivity contribution in [1.82, 2.24) is 4.90 Å². The Morgan fingerprint density at radius 1 is 1.00 bits per heavy atom. The molecule has 5 rings (SSSR count). The van der Waals surface area contributed by atoms with E-state index in [0.29, 0.717) is 19.4 Å². The molecule has 156 valence electrons. The number of nitrogens with zero attached hydrogens (tertiary/aromatic N) is 1. The van der Waals surface area contributed by atoms with Crippen molar-refractivity contribution < 1.29 is 19.1 Å².